The molecule has 3 nitrogen and oxygen atoms in total. The summed E-state index contributed by atoms with van der Waals surface area (Å²) in [6.45, 7) is 2.87. The average Bonchev–Trinajstić information content (AvgIpc) is 2.18. The molecule has 0 aromatic heterocycles. The van der Waals surface area contributed by atoms with Gasteiger partial charge in [0.25, 0.3) is 0 Å². The second-order valence-electron chi connectivity index (χ2n) is 2.99. The van der Waals surface area contributed by atoms with Crippen molar-refractivity contribution in [1.29, 1.82) is 0 Å². The summed E-state index contributed by atoms with van der Waals surface area (Å²) in [5.41, 5.74) is 1.03. The molecule has 0 heterocycles. The first-order valence-corrected chi connectivity index (χ1v) is 5.95. The largest absolute Gasteiger partial charge is 0.466 e. The van der Waals surface area contributed by atoms with Crippen LogP contribution < -0.4 is 5.32 Å². The summed E-state index contributed by atoms with van der Waals surface area (Å²) in [7, 11) is 0. The summed E-state index contributed by atoms with van der Waals surface area (Å²) in [6, 6.07) is 8.02. The summed E-state index contributed by atoms with van der Waals surface area (Å²) in [5, 5.41) is 3.17. The van der Waals surface area contributed by atoms with Crippen LogP contribution in [0.3, 0.4) is 0 Å². The lowest BCUT2D eigenvalue weighted by Gasteiger charge is -2.06. The van der Waals surface area contributed by atoms with Crippen LogP contribution in [-0.2, 0) is 9.53 Å². The Bertz CT molecular complexity index is 328. The normalized spacial score (nSPS) is 9.73. The van der Waals surface area contributed by atoms with Crippen LogP contribution in [0, 0.1) is 3.57 Å². The molecule has 0 saturated carbocycles. The molecule has 4 heteroatoms. The minimum Gasteiger partial charge on any atom is -0.466 e. The number of carbonyl (C=O) groups is 1. The van der Waals surface area contributed by atoms with Crippen molar-refractivity contribution in [2.75, 3.05) is 18.5 Å². The molecular formula is C11H14INO2. The van der Waals surface area contributed by atoms with Crippen molar-refractivity contribution < 1.29 is 9.53 Å². The number of carbonyl (C=O) groups excluding carboxylic acids is 1. The molecule has 1 aromatic carbocycles. The third kappa shape index (κ3) is 5.01. The lowest BCUT2D eigenvalue weighted by atomic mass is 10.3. The molecule has 1 aromatic rings. The predicted octanol–water partition coefficient (Wildman–Crippen LogP) is 2.66. The molecule has 0 aliphatic heterocycles. The minimum atomic E-state index is -0.157. The smallest absolute Gasteiger partial charge is 0.307 e. The lowest BCUT2D eigenvalue weighted by molar-refractivity contribution is -0.142. The number of nitrogens with one attached hydrogen (secondary N) is 1. The topological polar surface area (TPSA) is 38.3 Å². The number of anilines is 1. The molecule has 0 fully saturated rings. The molecule has 82 valence electrons. The first-order valence-electron chi connectivity index (χ1n) is 4.87. The quantitative estimate of drug-likeness (QED) is 0.670. The first-order chi connectivity index (χ1) is 7.22. The van der Waals surface area contributed by atoms with Gasteiger partial charge < -0.3 is 10.1 Å². The van der Waals surface area contributed by atoms with Gasteiger partial charge in [0.15, 0.2) is 0 Å². The summed E-state index contributed by atoms with van der Waals surface area (Å²) < 4.78 is 6.00. The van der Waals surface area contributed by atoms with Gasteiger partial charge in [-0.25, -0.2) is 0 Å². The van der Waals surface area contributed by atoms with Crippen LogP contribution in [0.2, 0.25) is 0 Å². The molecule has 0 aliphatic rings. The minimum absolute atomic E-state index is 0.157. The fraction of sp³-hybridized carbons (Fsp3) is 0.364. The number of hydrogen-bond acceptors (Lipinski definition) is 3. The van der Waals surface area contributed by atoms with Crippen molar-refractivity contribution in [2.24, 2.45) is 0 Å². The van der Waals surface area contributed by atoms with Crippen LogP contribution in [0.1, 0.15) is 13.3 Å². The van der Waals surface area contributed by atoms with Crippen molar-refractivity contribution in [3.63, 3.8) is 0 Å². The number of rotatable bonds is 5. The molecular weight excluding hydrogens is 305 g/mol. The molecule has 0 spiro atoms. The summed E-state index contributed by atoms with van der Waals surface area (Å²) >= 11 is 2.25. The number of benzene rings is 1. The predicted molar refractivity (Wildman–Crippen MR) is 68.9 cm³/mol. The van der Waals surface area contributed by atoms with E-state index < -0.39 is 0 Å². The maximum absolute atomic E-state index is 11.0. The van der Waals surface area contributed by atoms with E-state index in [9.17, 15) is 4.79 Å². The van der Waals surface area contributed by atoms with Gasteiger partial charge in [0.1, 0.15) is 0 Å². The zero-order valence-electron chi connectivity index (χ0n) is 8.63. The van der Waals surface area contributed by atoms with E-state index in [-0.39, 0.29) is 5.97 Å². The van der Waals surface area contributed by atoms with E-state index in [1.54, 1.807) is 0 Å². The molecule has 15 heavy (non-hydrogen) atoms. The van der Waals surface area contributed by atoms with Gasteiger partial charge in [-0.05, 0) is 47.7 Å². The summed E-state index contributed by atoms with van der Waals surface area (Å²) in [6.07, 6.45) is 0.402. The van der Waals surface area contributed by atoms with Crippen LogP contribution in [-0.4, -0.2) is 19.1 Å². The van der Waals surface area contributed by atoms with Crippen LogP contribution >= 0.6 is 22.6 Å². The van der Waals surface area contributed by atoms with Crippen molar-refractivity contribution in [3.8, 4) is 0 Å². The van der Waals surface area contributed by atoms with Gasteiger partial charge in [0.2, 0.25) is 0 Å². The van der Waals surface area contributed by atoms with Crippen molar-refractivity contribution in [2.45, 2.75) is 13.3 Å². The van der Waals surface area contributed by atoms with Crippen LogP contribution in [0.5, 0.6) is 0 Å². The fourth-order valence-corrected chi connectivity index (χ4v) is 1.68. The van der Waals surface area contributed by atoms with E-state index in [1.165, 1.54) is 3.57 Å². The Kier molecular flexibility index (Phi) is 5.45. The third-order valence-electron chi connectivity index (χ3n) is 1.79. The highest BCUT2D eigenvalue weighted by Gasteiger charge is 2.00. The maximum Gasteiger partial charge on any atom is 0.307 e. The van der Waals surface area contributed by atoms with E-state index in [1.807, 2.05) is 31.2 Å². The number of ether oxygens (including phenoxy) is 1. The molecule has 0 unspecified atom stereocenters. The Morgan fingerprint density at radius 1 is 1.53 bits per heavy atom. The third-order valence-corrected chi connectivity index (χ3v) is 2.46. The second kappa shape index (κ2) is 6.66. The van der Waals surface area contributed by atoms with E-state index in [0.717, 1.165) is 5.69 Å². The van der Waals surface area contributed by atoms with Gasteiger partial charge in [-0.15, -0.1) is 0 Å². The molecule has 0 amide bonds. The highest BCUT2D eigenvalue weighted by atomic mass is 127. The zero-order valence-corrected chi connectivity index (χ0v) is 10.8. The maximum atomic E-state index is 11.0. The van der Waals surface area contributed by atoms with Gasteiger partial charge in [0.05, 0.1) is 13.0 Å². The molecule has 1 N–H and O–H groups in total. The van der Waals surface area contributed by atoms with Gasteiger partial charge in [-0.2, -0.15) is 0 Å². The number of hydrogen-bond donors (Lipinski definition) is 1. The Morgan fingerprint density at radius 2 is 2.33 bits per heavy atom. The van der Waals surface area contributed by atoms with Gasteiger partial charge in [-0.3, -0.25) is 4.79 Å². The lowest BCUT2D eigenvalue weighted by Crippen LogP contribution is -2.11. The Hall–Kier alpha value is -0.780. The van der Waals surface area contributed by atoms with E-state index in [0.29, 0.717) is 19.6 Å². The molecule has 1 rings (SSSR count). The van der Waals surface area contributed by atoms with Gasteiger partial charge in [-0.1, -0.05) is 6.07 Å². The monoisotopic (exact) mass is 319 g/mol. The van der Waals surface area contributed by atoms with Gasteiger partial charge >= 0.3 is 5.97 Å². The zero-order chi connectivity index (χ0) is 11.1. The molecule has 0 aliphatic carbocycles. The number of halogens is 1. The Balaban J connectivity index is 2.28. The standard InChI is InChI=1S/C11H14INO2/c1-2-15-11(14)6-7-13-10-5-3-4-9(12)8-10/h3-5,8,13H,2,6-7H2,1H3. The molecule has 0 radical (unpaired) electrons. The Morgan fingerprint density at radius 3 is 3.00 bits per heavy atom. The highest BCUT2D eigenvalue weighted by molar-refractivity contribution is 14.1. The van der Waals surface area contributed by atoms with Crippen molar-refractivity contribution in [3.05, 3.63) is 27.8 Å². The van der Waals surface area contributed by atoms with Crippen molar-refractivity contribution >= 4 is 34.2 Å². The highest BCUT2D eigenvalue weighted by Crippen LogP contribution is 2.12. The fourth-order valence-electron chi connectivity index (χ4n) is 1.14. The Labute approximate surface area is 103 Å². The summed E-state index contributed by atoms with van der Waals surface area (Å²) in [5.74, 6) is -0.157. The average molecular weight is 319 g/mol. The van der Waals surface area contributed by atoms with E-state index in [2.05, 4.69) is 27.9 Å². The molecule has 0 saturated heterocycles. The first kappa shape index (κ1) is 12.3. The van der Waals surface area contributed by atoms with Crippen LogP contribution in [0.4, 0.5) is 5.69 Å². The number of esters is 1. The van der Waals surface area contributed by atoms with Crippen molar-refractivity contribution in [1.82, 2.24) is 0 Å². The van der Waals surface area contributed by atoms with Gasteiger partial charge in [0, 0.05) is 15.8 Å². The van der Waals surface area contributed by atoms with Crippen LogP contribution in [0.25, 0.3) is 0 Å². The van der Waals surface area contributed by atoms with E-state index >= 15 is 0 Å². The molecule has 0 bridgehead atoms. The molecule has 0 atom stereocenters. The van der Waals surface area contributed by atoms with E-state index in [4.69, 9.17) is 4.74 Å². The second-order valence-corrected chi connectivity index (χ2v) is 4.24. The SMILES string of the molecule is CCOC(=O)CCNc1cccc(I)c1. The van der Waals surface area contributed by atoms with Crippen LogP contribution in [0.15, 0.2) is 24.3 Å². The summed E-state index contributed by atoms with van der Waals surface area (Å²) in [4.78, 5) is 11.0.